The van der Waals surface area contributed by atoms with Gasteiger partial charge in [-0.15, -0.1) is 0 Å². The summed E-state index contributed by atoms with van der Waals surface area (Å²) in [4.78, 5) is 22.6. The summed E-state index contributed by atoms with van der Waals surface area (Å²) in [6.45, 7) is 7.02. The molecular weight excluding hydrogens is 272 g/mol. The first-order chi connectivity index (χ1) is 9.73. The monoisotopic (exact) mass is 294 g/mol. The van der Waals surface area contributed by atoms with E-state index >= 15 is 0 Å². The van der Waals surface area contributed by atoms with Gasteiger partial charge >= 0.3 is 11.9 Å². The van der Waals surface area contributed by atoms with E-state index in [-0.39, 0.29) is 6.61 Å². The van der Waals surface area contributed by atoms with Crippen LogP contribution in [0.5, 0.6) is 5.75 Å². The second-order valence-corrected chi connectivity index (χ2v) is 5.74. The Balaban J connectivity index is 2.59. The second-order valence-electron chi connectivity index (χ2n) is 5.74. The zero-order valence-electron chi connectivity index (χ0n) is 12.9. The highest BCUT2D eigenvalue weighted by Crippen LogP contribution is 2.22. The number of carboxylic acids is 1. The molecular formula is C16H22O5. The van der Waals surface area contributed by atoms with Crippen LogP contribution in [0.4, 0.5) is 0 Å². The first-order valence-corrected chi connectivity index (χ1v) is 6.90. The number of aliphatic carboxylic acids is 1. The maximum absolute atomic E-state index is 11.5. The molecule has 0 saturated heterocycles. The van der Waals surface area contributed by atoms with Crippen LogP contribution in [-0.4, -0.2) is 29.3 Å². The van der Waals surface area contributed by atoms with E-state index < -0.39 is 23.5 Å². The molecule has 1 unspecified atom stereocenters. The number of rotatable bonds is 6. The van der Waals surface area contributed by atoms with E-state index in [2.05, 4.69) is 0 Å². The average Bonchev–Trinajstić information content (AvgIpc) is 2.36. The lowest BCUT2D eigenvalue weighted by molar-refractivity contribution is -0.157. The van der Waals surface area contributed by atoms with Crippen molar-refractivity contribution >= 4 is 11.9 Å². The highest BCUT2D eigenvalue weighted by molar-refractivity contribution is 5.76. The number of carbonyl (C=O) groups excluding carboxylic acids is 1. The van der Waals surface area contributed by atoms with Crippen molar-refractivity contribution in [3.63, 3.8) is 0 Å². The Labute approximate surface area is 124 Å². The topological polar surface area (TPSA) is 72.8 Å². The average molecular weight is 294 g/mol. The molecule has 0 aliphatic heterocycles. The molecule has 0 saturated carbocycles. The van der Waals surface area contributed by atoms with E-state index in [4.69, 9.17) is 14.6 Å². The Morgan fingerprint density at radius 3 is 2.19 bits per heavy atom. The van der Waals surface area contributed by atoms with Gasteiger partial charge in [-0.25, -0.2) is 4.79 Å². The van der Waals surface area contributed by atoms with Crippen molar-refractivity contribution in [3.05, 3.63) is 29.8 Å². The van der Waals surface area contributed by atoms with Crippen molar-refractivity contribution in [2.24, 2.45) is 0 Å². The van der Waals surface area contributed by atoms with E-state index in [0.29, 0.717) is 12.2 Å². The molecule has 0 heterocycles. The quantitative estimate of drug-likeness (QED) is 0.816. The molecule has 0 bridgehead atoms. The number of hydrogen-bond donors (Lipinski definition) is 1. The third kappa shape index (κ3) is 5.85. The third-order valence-corrected chi connectivity index (χ3v) is 2.77. The SMILES string of the molecule is CCC(C(=O)O)c1ccc(OCC(=O)OC(C)(C)C)cc1. The Morgan fingerprint density at radius 2 is 1.76 bits per heavy atom. The number of benzene rings is 1. The van der Waals surface area contributed by atoms with Gasteiger partial charge < -0.3 is 14.6 Å². The van der Waals surface area contributed by atoms with Crippen molar-refractivity contribution in [2.75, 3.05) is 6.61 Å². The molecule has 5 heteroatoms. The Kier molecular flexibility index (Phi) is 5.76. The van der Waals surface area contributed by atoms with Crippen LogP contribution in [0.25, 0.3) is 0 Å². The molecule has 1 rings (SSSR count). The lowest BCUT2D eigenvalue weighted by Gasteiger charge is -2.19. The highest BCUT2D eigenvalue weighted by Gasteiger charge is 2.18. The molecule has 21 heavy (non-hydrogen) atoms. The fraction of sp³-hybridized carbons (Fsp3) is 0.500. The van der Waals surface area contributed by atoms with Gasteiger partial charge in [0.1, 0.15) is 11.4 Å². The first-order valence-electron chi connectivity index (χ1n) is 6.90. The molecule has 1 atom stereocenters. The van der Waals surface area contributed by atoms with Gasteiger partial charge in [-0.1, -0.05) is 19.1 Å². The summed E-state index contributed by atoms with van der Waals surface area (Å²) < 4.78 is 10.4. The van der Waals surface area contributed by atoms with Gasteiger partial charge in [-0.05, 0) is 44.9 Å². The number of hydrogen-bond acceptors (Lipinski definition) is 4. The molecule has 0 aromatic heterocycles. The largest absolute Gasteiger partial charge is 0.482 e. The van der Waals surface area contributed by atoms with E-state index in [1.165, 1.54) is 0 Å². The van der Waals surface area contributed by atoms with Crippen molar-refractivity contribution in [1.29, 1.82) is 0 Å². The van der Waals surface area contributed by atoms with E-state index in [9.17, 15) is 9.59 Å². The second kappa shape index (κ2) is 7.11. The molecule has 0 aliphatic carbocycles. The molecule has 1 N–H and O–H groups in total. The van der Waals surface area contributed by atoms with Crippen LogP contribution in [0.2, 0.25) is 0 Å². The van der Waals surface area contributed by atoms with Crippen LogP contribution in [0, 0.1) is 0 Å². The molecule has 0 spiro atoms. The standard InChI is InChI=1S/C16H22O5/c1-5-13(15(18)19)11-6-8-12(9-7-11)20-10-14(17)21-16(2,3)4/h6-9,13H,5,10H2,1-4H3,(H,18,19). The third-order valence-electron chi connectivity index (χ3n) is 2.77. The maximum atomic E-state index is 11.5. The minimum Gasteiger partial charge on any atom is -0.482 e. The number of carbonyl (C=O) groups is 2. The smallest absolute Gasteiger partial charge is 0.344 e. The Morgan fingerprint density at radius 1 is 1.19 bits per heavy atom. The Bertz CT molecular complexity index is 484. The predicted octanol–water partition coefficient (Wildman–Crippen LogP) is 2.99. The van der Waals surface area contributed by atoms with Crippen LogP contribution in [0.1, 0.15) is 45.6 Å². The molecule has 0 radical (unpaired) electrons. The van der Waals surface area contributed by atoms with Crippen LogP contribution in [0.3, 0.4) is 0 Å². The van der Waals surface area contributed by atoms with Crippen molar-refractivity contribution in [2.45, 2.75) is 45.6 Å². The van der Waals surface area contributed by atoms with Gasteiger partial charge in [0, 0.05) is 0 Å². The summed E-state index contributed by atoms with van der Waals surface area (Å²) >= 11 is 0. The number of carboxylic acid groups (broad SMARTS) is 1. The van der Waals surface area contributed by atoms with E-state index in [1.54, 1.807) is 45.0 Å². The Hall–Kier alpha value is -2.04. The summed E-state index contributed by atoms with van der Waals surface area (Å²) in [6, 6.07) is 6.72. The van der Waals surface area contributed by atoms with Gasteiger partial charge in [-0.3, -0.25) is 4.79 Å². The fourth-order valence-corrected chi connectivity index (χ4v) is 1.86. The van der Waals surface area contributed by atoms with Crippen molar-refractivity contribution < 1.29 is 24.2 Å². The molecule has 1 aromatic rings. The lowest BCUT2D eigenvalue weighted by atomic mass is 9.97. The van der Waals surface area contributed by atoms with Crippen LogP contribution in [-0.2, 0) is 14.3 Å². The normalized spacial score (nSPS) is 12.6. The van der Waals surface area contributed by atoms with Gasteiger partial charge in [0.05, 0.1) is 5.92 Å². The predicted molar refractivity (Wildman–Crippen MR) is 78.4 cm³/mol. The summed E-state index contributed by atoms with van der Waals surface area (Å²) in [6.07, 6.45) is 0.521. The van der Waals surface area contributed by atoms with E-state index in [0.717, 1.165) is 5.56 Å². The number of ether oxygens (including phenoxy) is 2. The van der Waals surface area contributed by atoms with Crippen molar-refractivity contribution in [3.8, 4) is 5.75 Å². The lowest BCUT2D eigenvalue weighted by Crippen LogP contribution is -2.27. The minimum absolute atomic E-state index is 0.174. The summed E-state index contributed by atoms with van der Waals surface area (Å²) in [5.74, 6) is -1.31. The zero-order chi connectivity index (χ0) is 16.0. The first kappa shape index (κ1) is 17.0. The van der Waals surface area contributed by atoms with Crippen molar-refractivity contribution in [1.82, 2.24) is 0 Å². The molecule has 0 amide bonds. The molecule has 5 nitrogen and oxygen atoms in total. The molecule has 0 aliphatic rings. The molecule has 0 fully saturated rings. The van der Waals surface area contributed by atoms with Crippen LogP contribution in [0.15, 0.2) is 24.3 Å². The van der Waals surface area contributed by atoms with Gasteiger partial charge in [0.15, 0.2) is 6.61 Å². The summed E-state index contributed by atoms with van der Waals surface area (Å²) in [5.41, 5.74) is 0.176. The van der Waals surface area contributed by atoms with Gasteiger partial charge in [0.2, 0.25) is 0 Å². The molecule has 116 valence electrons. The summed E-state index contributed by atoms with van der Waals surface area (Å²) in [5, 5.41) is 9.09. The minimum atomic E-state index is -0.847. The van der Waals surface area contributed by atoms with Crippen LogP contribution >= 0.6 is 0 Å². The van der Waals surface area contributed by atoms with Crippen LogP contribution < -0.4 is 4.74 Å². The maximum Gasteiger partial charge on any atom is 0.344 e. The van der Waals surface area contributed by atoms with Gasteiger partial charge in [0.25, 0.3) is 0 Å². The van der Waals surface area contributed by atoms with Gasteiger partial charge in [-0.2, -0.15) is 0 Å². The fourth-order valence-electron chi connectivity index (χ4n) is 1.86. The highest BCUT2D eigenvalue weighted by atomic mass is 16.6. The molecule has 1 aromatic carbocycles. The summed E-state index contributed by atoms with van der Waals surface area (Å²) in [7, 11) is 0. The van der Waals surface area contributed by atoms with E-state index in [1.807, 2.05) is 6.92 Å². The number of esters is 1. The zero-order valence-corrected chi connectivity index (χ0v) is 12.9.